The van der Waals surface area contributed by atoms with E-state index in [0.717, 1.165) is 9.80 Å². The van der Waals surface area contributed by atoms with Crippen LogP contribution in [0.4, 0.5) is 0 Å². The van der Waals surface area contributed by atoms with Gasteiger partial charge in [0.05, 0.1) is 23.9 Å². The van der Waals surface area contributed by atoms with E-state index >= 15 is 0 Å². The Hall–Kier alpha value is 1.76. The SMILES string of the molecule is O.O=C([O-])CN(CCN(CC(=O)[O-])CC(=O)[O-])CC(=O)[O-].[Na].[Na].[Na].[Na]. The van der Waals surface area contributed by atoms with Crippen molar-refractivity contribution in [1.82, 2.24) is 9.80 Å². The number of rotatable bonds is 11. The largest absolute Gasteiger partial charge is 0.549 e. The summed E-state index contributed by atoms with van der Waals surface area (Å²) < 4.78 is 0. The second-order valence-electron chi connectivity index (χ2n) is 3.91. The molecule has 0 aromatic heterocycles. The molecule has 11 nitrogen and oxygen atoms in total. The molecule has 0 spiro atoms. The van der Waals surface area contributed by atoms with Crippen LogP contribution in [0.25, 0.3) is 0 Å². The predicted molar refractivity (Wildman–Crippen MR) is 79.5 cm³/mol. The molecule has 0 saturated heterocycles. The van der Waals surface area contributed by atoms with Gasteiger partial charge in [-0.3, -0.25) is 9.80 Å². The third-order valence-corrected chi connectivity index (χ3v) is 2.14. The summed E-state index contributed by atoms with van der Waals surface area (Å²) in [7, 11) is 0. The van der Waals surface area contributed by atoms with Gasteiger partial charge in [-0.15, -0.1) is 0 Å². The summed E-state index contributed by atoms with van der Waals surface area (Å²) in [4.78, 5) is 43.4. The summed E-state index contributed by atoms with van der Waals surface area (Å²) in [5, 5.41) is 41.6. The first-order valence-corrected chi connectivity index (χ1v) is 5.44. The number of carbonyl (C=O) groups is 4. The molecule has 15 heteroatoms. The number of nitrogens with zero attached hydrogens (tertiary/aromatic N) is 2. The molecule has 0 rings (SSSR count). The van der Waals surface area contributed by atoms with Crippen LogP contribution in [0.15, 0.2) is 0 Å². The Kier molecular flexibility index (Phi) is 39.2. The summed E-state index contributed by atoms with van der Waals surface area (Å²) in [6.07, 6.45) is 0. The van der Waals surface area contributed by atoms with E-state index in [2.05, 4.69) is 0 Å². The van der Waals surface area contributed by atoms with E-state index in [1.165, 1.54) is 0 Å². The van der Waals surface area contributed by atoms with Crippen molar-refractivity contribution >= 4 is 142 Å². The quantitative estimate of drug-likeness (QED) is 0.301. The molecule has 0 amide bonds. The number of hydrogen-bond acceptors (Lipinski definition) is 10. The zero-order chi connectivity index (χ0) is 15.7. The predicted octanol–water partition coefficient (Wildman–Crippen LogP) is -9.76. The van der Waals surface area contributed by atoms with Crippen molar-refractivity contribution in [3.63, 3.8) is 0 Å². The summed E-state index contributed by atoms with van der Waals surface area (Å²) in [6, 6.07) is 0. The minimum Gasteiger partial charge on any atom is -0.549 e. The molecule has 0 saturated carbocycles. The third-order valence-electron chi connectivity index (χ3n) is 2.14. The first kappa shape index (κ1) is 41.2. The number of carboxylic acids is 4. The van der Waals surface area contributed by atoms with Crippen molar-refractivity contribution in [1.29, 1.82) is 0 Å². The average Bonchev–Trinajstić information content (AvgIpc) is 2.22. The molecule has 0 fully saturated rings. The number of carbonyl (C=O) groups excluding carboxylic acids is 4. The van der Waals surface area contributed by atoms with E-state index in [9.17, 15) is 39.6 Å². The van der Waals surface area contributed by atoms with Crippen molar-refractivity contribution in [3.8, 4) is 0 Å². The molecule has 4 radical (unpaired) electrons. The van der Waals surface area contributed by atoms with E-state index in [4.69, 9.17) is 0 Å². The fraction of sp³-hybridized carbons (Fsp3) is 0.600. The average molecular weight is 398 g/mol. The molecule has 0 aliphatic carbocycles. The van der Waals surface area contributed by atoms with E-state index in [-0.39, 0.29) is 137 Å². The van der Waals surface area contributed by atoms with Crippen molar-refractivity contribution < 1.29 is 45.1 Å². The van der Waals surface area contributed by atoms with Crippen molar-refractivity contribution in [2.75, 3.05) is 39.3 Å². The van der Waals surface area contributed by atoms with Crippen LogP contribution in [-0.2, 0) is 19.2 Å². The van der Waals surface area contributed by atoms with Crippen LogP contribution >= 0.6 is 0 Å². The molecule has 0 unspecified atom stereocenters. The van der Waals surface area contributed by atoms with Crippen molar-refractivity contribution in [2.45, 2.75) is 0 Å². The topological polar surface area (TPSA) is 198 Å². The molecule has 0 aliphatic rings. The summed E-state index contributed by atoms with van der Waals surface area (Å²) in [6.45, 7) is -3.25. The Balaban J connectivity index is -0.000000180. The standard InChI is InChI=1S/C10H16N2O8.4Na.H2O/c13-7(14)3-11(4-8(15)16)1-2-12(5-9(17)18)6-10(19)20;;;;;/h1-6H2,(H,13,14)(H,15,16)(H,17,18)(H,19,20);;;;;1H2/p-4. The Bertz CT molecular complexity index is 333. The van der Waals surface area contributed by atoms with Gasteiger partial charge in [-0.05, 0) is 0 Å². The van der Waals surface area contributed by atoms with Gasteiger partial charge in [0.25, 0.3) is 0 Å². The molecule has 0 aromatic carbocycles. The minimum atomic E-state index is -1.53. The number of hydrogen-bond donors (Lipinski definition) is 0. The molecular weight excluding hydrogens is 384 g/mol. The maximum absolute atomic E-state index is 10.4. The Morgan fingerprint density at radius 2 is 0.680 bits per heavy atom. The summed E-state index contributed by atoms with van der Waals surface area (Å²) in [5.41, 5.74) is 0. The molecule has 0 atom stereocenters. The monoisotopic (exact) mass is 398 g/mol. The van der Waals surface area contributed by atoms with Crippen LogP contribution in [0.5, 0.6) is 0 Å². The van der Waals surface area contributed by atoms with Gasteiger partial charge in [0.2, 0.25) is 0 Å². The zero-order valence-electron chi connectivity index (χ0n) is 14.9. The van der Waals surface area contributed by atoms with E-state index in [1.807, 2.05) is 0 Å². The number of aliphatic carboxylic acids is 4. The normalized spacial score (nSPS) is 8.56. The fourth-order valence-electron chi connectivity index (χ4n) is 1.44. The third kappa shape index (κ3) is 28.1. The van der Waals surface area contributed by atoms with Crippen molar-refractivity contribution in [3.05, 3.63) is 0 Å². The van der Waals surface area contributed by atoms with Gasteiger partial charge >= 0.3 is 0 Å². The van der Waals surface area contributed by atoms with Gasteiger partial charge in [-0.2, -0.15) is 0 Å². The maximum Gasteiger partial charge on any atom is 0.0555 e. The molecule has 2 N–H and O–H groups in total. The van der Waals surface area contributed by atoms with Gasteiger partial charge in [-0.25, -0.2) is 0 Å². The van der Waals surface area contributed by atoms with E-state index in [0.29, 0.717) is 0 Å². The molecule has 0 bridgehead atoms. The van der Waals surface area contributed by atoms with Gasteiger partial charge in [-0.1, -0.05) is 0 Å². The summed E-state index contributed by atoms with van der Waals surface area (Å²) in [5.74, 6) is -6.12. The van der Waals surface area contributed by atoms with Gasteiger partial charge in [0.1, 0.15) is 0 Å². The second kappa shape index (κ2) is 23.8. The van der Waals surface area contributed by atoms with E-state index in [1.54, 1.807) is 0 Å². The Morgan fingerprint density at radius 1 is 0.520 bits per heavy atom. The minimum absolute atomic E-state index is 0. The zero-order valence-corrected chi connectivity index (χ0v) is 22.9. The fourth-order valence-corrected chi connectivity index (χ4v) is 1.44. The molecule has 0 aromatic rings. The first-order chi connectivity index (χ1) is 9.20. The van der Waals surface area contributed by atoms with Crippen LogP contribution in [0.2, 0.25) is 0 Å². The van der Waals surface area contributed by atoms with Crippen molar-refractivity contribution in [2.24, 2.45) is 0 Å². The van der Waals surface area contributed by atoms with Gasteiger partial charge in [0.15, 0.2) is 0 Å². The Labute approximate surface area is 233 Å². The van der Waals surface area contributed by atoms with Crippen LogP contribution < -0.4 is 20.4 Å². The van der Waals surface area contributed by atoms with Crippen LogP contribution in [0.1, 0.15) is 0 Å². The Morgan fingerprint density at radius 3 is 0.800 bits per heavy atom. The molecule has 0 aliphatic heterocycles. The van der Waals surface area contributed by atoms with Gasteiger partial charge < -0.3 is 45.1 Å². The molecule has 25 heavy (non-hydrogen) atoms. The van der Waals surface area contributed by atoms with E-state index < -0.39 is 50.1 Å². The van der Waals surface area contributed by atoms with Crippen LogP contribution in [0.3, 0.4) is 0 Å². The van der Waals surface area contributed by atoms with Crippen LogP contribution in [-0.4, -0.2) is 197 Å². The maximum atomic E-state index is 10.4. The molecular formula is C10H14N2Na4O9-4. The molecule has 126 valence electrons. The molecule has 0 heterocycles. The van der Waals surface area contributed by atoms with Crippen LogP contribution in [0, 0.1) is 0 Å². The smallest absolute Gasteiger partial charge is 0.0555 e. The first-order valence-electron chi connectivity index (χ1n) is 5.44. The van der Waals surface area contributed by atoms with Gasteiger partial charge in [0, 0.05) is 157 Å². The summed E-state index contributed by atoms with van der Waals surface area (Å²) >= 11 is 0. The second-order valence-corrected chi connectivity index (χ2v) is 3.91. The number of carboxylic acid groups (broad SMARTS) is 4.